The predicted molar refractivity (Wildman–Crippen MR) is 123 cm³/mol. The van der Waals surface area contributed by atoms with E-state index in [4.69, 9.17) is 4.74 Å². The molecule has 0 spiro atoms. The molecule has 1 N–H and O–H groups in total. The van der Waals surface area contributed by atoms with Crippen LogP contribution in [0.2, 0.25) is 0 Å². The van der Waals surface area contributed by atoms with Gasteiger partial charge in [0.1, 0.15) is 5.75 Å². The Kier molecular flexibility index (Phi) is 6.00. The lowest BCUT2D eigenvalue weighted by Gasteiger charge is -2.26. The molecule has 0 radical (unpaired) electrons. The van der Waals surface area contributed by atoms with Gasteiger partial charge < -0.3 is 4.74 Å². The van der Waals surface area contributed by atoms with Gasteiger partial charge in [0.05, 0.1) is 23.1 Å². The molecule has 0 unspecified atom stereocenters. The zero-order valence-electron chi connectivity index (χ0n) is 17.7. The zero-order valence-corrected chi connectivity index (χ0v) is 19.3. The highest BCUT2D eigenvalue weighted by Crippen LogP contribution is 2.33. The smallest absolute Gasteiger partial charge is 0.261 e. The molecule has 1 aliphatic heterocycles. The average Bonchev–Trinajstić information content (AvgIpc) is 3.14. The van der Waals surface area contributed by atoms with Crippen molar-refractivity contribution in [2.45, 2.75) is 39.0 Å². The third-order valence-corrected chi connectivity index (χ3v) is 8.51. The maximum absolute atomic E-state index is 13.2. The van der Waals surface area contributed by atoms with Crippen molar-refractivity contribution in [1.29, 1.82) is 0 Å². The molecule has 2 aromatic carbocycles. The molecule has 9 heteroatoms. The molecule has 0 bridgehead atoms. The second-order valence-corrected chi connectivity index (χ2v) is 11.2. The number of sulfonamides is 1. The van der Waals surface area contributed by atoms with Crippen LogP contribution < -0.4 is 10.1 Å². The van der Waals surface area contributed by atoms with Gasteiger partial charge >= 0.3 is 0 Å². The van der Waals surface area contributed by atoms with Gasteiger partial charge in [0.25, 0.3) is 5.91 Å². The van der Waals surface area contributed by atoms with Crippen LogP contribution in [0.3, 0.4) is 0 Å². The molecule has 3 aromatic rings. The first-order valence-corrected chi connectivity index (χ1v) is 12.6. The molecule has 0 atom stereocenters. The van der Waals surface area contributed by atoms with E-state index in [0.717, 1.165) is 21.3 Å². The minimum atomic E-state index is -3.33. The number of nitrogens with zero attached hydrogens (tertiary/aromatic N) is 2. The summed E-state index contributed by atoms with van der Waals surface area (Å²) in [5.74, 6) is 0.229. The molecule has 7 nitrogen and oxygen atoms in total. The maximum atomic E-state index is 13.2. The first-order chi connectivity index (χ1) is 14.8. The van der Waals surface area contributed by atoms with Gasteiger partial charge in [-0.05, 0) is 37.6 Å². The van der Waals surface area contributed by atoms with Crippen molar-refractivity contribution < 1.29 is 17.9 Å². The van der Waals surface area contributed by atoms with E-state index in [-0.39, 0.29) is 5.91 Å². The number of hydrogen-bond acceptors (Lipinski definition) is 6. The van der Waals surface area contributed by atoms with Gasteiger partial charge in [-0.25, -0.2) is 13.4 Å². The Labute approximate surface area is 186 Å². The number of carbonyl (C=O) groups is 1. The Bertz CT molecular complexity index is 1230. The van der Waals surface area contributed by atoms with Crippen LogP contribution in [0.4, 0.5) is 5.13 Å². The SMILES string of the molecule is CCOc1ccc2ccccc2c1C(=O)Nc1nc2c(s1)CN(S(=O)(=O)C(C)C)CC2. The fraction of sp³-hybridized carbons (Fsp3) is 0.364. The minimum Gasteiger partial charge on any atom is -0.493 e. The molecule has 4 rings (SSSR count). The molecule has 1 aromatic heterocycles. The van der Waals surface area contributed by atoms with Crippen molar-refractivity contribution in [2.75, 3.05) is 18.5 Å². The highest BCUT2D eigenvalue weighted by atomic mass is 32.2. The molecule has 0 fully saturated rings. The van der Waals surface area contributed by atoms with Crippen molar-refractivity contribution in [2.24, 2.45) is 0 Å². The van der Waals surface area contributed by atoms with Gasteiger partial charge in [0, 0.05) is 24.4 Å². The van der Waals surface area contributed by atoms with Crippen molar-refractivity contribution in [3.8, 4) is 5.75 Å². The number of amides is 1. The molecule has 0 aliphatic carbocycles. The van der Waals surface area contributed by atoms with Gasteiger partial charge in [-0.15, -0.1) is 11.3 Å². The normalized spacial score (nSPS) is 14.6. The number of aromatic nitrogens is 1. The molecule has 164 valence electrons. The Hall–Kier alpha value is -2.49. The summed E-state index contributed by atoms with van der Waals surface area (Å²) in [6.07, 6.45) is 0.534. The summed E-state index contributed by atoms with van der Waals surface area (Å²) in [5.41, 5.74) is 1.32. The van der Waals surface area contributed by atoms with Gasteiger partial charge in [-0.1, -0.05) is 30.3 Å². The van der Waals surface area contributed by atoms with Crippen LogP contribution in [-0.4, -0.2) is 42.0 Å². The average molecular weight is 460 g/mol. The summed E-state index contributed by atoms with van der Waals surface area (Å²) in [5, 5.41) is 4.66. The second kappa shape index (κ2) is 8.57. The van der Waals surface area contributed by atoms with Crippen LogP contribution in [0.15, 0.2) is 36.4 Å². The topological polar surface area (TPSA) is 88.6 Å². The number of anilines is 1. The quantitative estimate of drug-likeness (QED) is 0.601. The molecular weight excluding hydrogens is 434 g/mol. The van der Waals surface area contributed by atoms with E-state index in [2.05, 4.69) is 10.3 Å². The number of thiazole rings is 1. The summed E-state index contributed by atoms with van der Waals surface area (Å²) < 4.78 is 32.2. The van der Waals surface area contributed by atoms with E-state index < -0.39 is 15.3 Å². The van der Waals surface area contributed by atoms with Crippen molar-refractivity contribution >= 4 is 43.2 Å². The Morgan fingerprint density at radius 3 is 2.77 bits per heavy atom. The van der Waals surface area contributed by atoms with Crippen molar-refractivity contribution in [3.63, 3.8) is 0 Å². The van der Waals surface area contributed by atoms with Crippen LogP contribution in [0.25, 0.3) is 10.8 Å². The number of ether oxygens (including phenoxy) is 1. The van der Waals surface area contributed by atoms with E-state index >= 15 is 0 Å². The highest BCUT2D eigenvalue weighted by molar-refractivity contribution is 7.89. The predicted octanol–water partition coefficient (Wildman–Crippen LogP) is 4.04. The lowest BCUT2D eigenvalue weighted by atomic mass is 10.0. The number of rotatable bonds is 6. The molecular formula is C22H25N3O4S2. The van der Waals surface area contributed by atoms with Crippen LogP contribution in [0.1, 0.15) is 41.7 Å². The summed E-state index contributed by atoms with van der Waals surface area (Å²) in [4.78, 5) is 18.6. The van der Waals surface area contributed by atoms with E-state index in [1.165, 1.54) is 15.6 Å². The Morgan fingerprint density at radius 1 is 1.26 bits per heavy atom. The number of hydrogen-bond donors (Lipinski definition) is 1. The monoisotopic (exact) mass is 459 g/mol. The van der Waals surface area contributed by atoms with Crippen LogP contribution in [0, 0.1) is 0 Å². The van der Waals surface area contributed by atoms with Gasteiger partial charge in [-0.2, -0.15) is 4.31 Å². The lowest BCUT2D eigenvalue weighted by molar-refractivity contribution is 0.102. The Morgan fingerprint density at radius 2 is 2.03 bits per heavy atom. The van der Waals surface area contributed by atoms with Gasteiger partial charge in [0.2, 0.25) is 10.0 Å². The Balaban J connectivity index is 1.62. The third-order valence-electron chi connectivity index (χ3n) is 5.29. The van der Waals surface area contributed by atoms with Crippen LogP contribution >= 0.6 is 11.3 Å². The molecule has 0 saturated carbocycles. The van der Waals surface area contributed by atoms with Crippen molar-refractivity contribution in [1.82, 2.24) is 9.29 Å². The zero-order chi connectivity index (χ0) is 22.2. The van der Waals surface area contributed by atoms with Gasteiger partial charge in [-0.3, -0.25) is 10.1 Å². The molecule has 0 saturated heterocycles. The fourth-order valence-electron chi connectivity index (χ4n) is 3.66. The molecule has 2 heterocycles. The van der Waals surface area contributed by atoms with E-state index in [0.29, 0.717) is 42.6 Å². The van der Waals surface area contributed by atoms with Gasteiger partial charge in [0.15, 0.2) is 5.13 Å². The summed E-state index contributed by atoms with van der Waals surface area (Å²) in [6.45, 7) is 6.39. The third kappa shape index (κ3) is 4.17. The number of nitrogens with one attached hydrogen (secondary N) is 1. The highest BCUT2D eigenvalue weighted by Gasteiger charge is 2.31. The van der Waals surface area contributed by atoms with Crippen LogP contribution in [0.5, 0.6) is 5.75 Å². The minimum absolute atomic E-state index is 0.293. The maximum Gasteiger partial charge on any atom is 0.261 e. The summed E-state index contributed by atoms with van der Waals surface area (Å²) in [6, 6.07) is 11.4. The van der Waals surface area contributed by atoms with E-state index in [1.807, 2.05) is 43.3 Å². The molecule has 1 aliphatic rings. The lowest BCUT2D eigenvalue weighted by Crippen LogP contribution is -2.39. The fourth-order valence-corrected chi connectivity index (χ4v) is 6.01. The number of carbonyl (C=O) groups excluding carboxylic acids is 1. The number of benzene rings is 2. The van der Waals surface area contributed by atoms with Crippen LogP contribution in [-0.2, 0) is 23.0 Å². The first-order valence-electron chi connectivity index (χ1n) is 10.2. The second-order valence-electron chi connectivity index (χ2n) is 7.61. The van der Waals surface area contributed by atoms with Crippen molar-refractivity contribution in [3.05, 3.63) is 52.5 Å². The molecule has 1 amide bonds. The number of fused-ring (bicyclic) bond motifs is 2. The molecule has 31 heavy (non-hydrogen) atoms. The standard InChI is InChI=1S/C22H25N3O4S2/c1-4-29-18-10-9-15-7-5-6-8-16(15)20(18)21(26)24-22-23-17-11-12-25(13-19(17)30-22)31(27,28)14(2)3/h5-10,14H,4,11-13H2,1-3H3,(H,23,24,26). The largest absolute Gasteiger partial charge is 0.493 e. The van der Waals surface area contributed by atoms with E-state index in [1.54, 1.807) is 13.8 Å². The summed E-state index contributed by atoms with van der Waals surface area (Å²) in [7, 11) is -3.33. The first kappa shape index (κ1) is 21.7. The van der Waals surface area contributed by atoms with E-state index in [9.17, 15) is 13.2 Å². The summed E-state index contributed by atoms with van der Waals surface area (Å²) >= 11 is 1.32.